The molecule has 14 heavy (non-hydrogen) atoms. The van der Waals surface area contributed by atoms with Gasteiger partial charge in [-0.15, -0.1) is 0 Å². The summed E-state index contributed by atoms with van der Waals surface area (Å²) in [5.41, 5.74) is 2.33. The summed E-state index contributed by atoms with van der Waals surface area (Å²) in [4.78, 5) is 11.7. The largest absolute Gasteiger partial charge is 0.396 e. The van der Waals surface area contributed by atoms with Gasteiger partial charge in [-0.25, -0.2) is 0 Å². The van der Waals surface area contributed by atoms with Crippen molar-refractivity contribution in [2.45, 2.75) is 33.1 Å². The van der Waals surface area contributed by atoms with Crippen LogP contribution >= 0.6 is 0 Å². The van der Waals surface area contributed by atoms with Gasteiger partial charge < -0.3 is 5.11 Å². The molecule has 0 aromatic rings. The fourth-order valence-corrected chi connectivity index (χ4v) is 3.05. The molecule has 3 unspecified atom stereocenters. The van der Waals surface area contributed by atoms with Gasteiger partial charge >= 0.3 is 0 Å². The number of aliphatic hydroxyl groups is 1. The van der Waals surface area contributed by atoms with Crippen molar-refractivity contribution in [3.63, 3.8) is 0 Å². The Balaban J connectivity index is 2.32. The zero-order valence-corrected chi connectivity index (χ0v) is 8.92. The number of carbonyl (C=O) groups is 1. The van der Waals surface area contributed by atoms with Gasteiger partial charge in [0.25, 0.3) is 0 Å². The van der Waals surface area contributed by atoms with E-state index in [1.165, 1.54) is 5.57 Å². The summed E-state index contributed by atoms with van der Waals surface area (Å²) in [7, 11) is 0. The highest BCUT2D eigenvalue weighted by Gasteiger charge is 2.39. The topological polar surface area (TPSA) is 37.3 Å². The van der Waals surface area contributed by atoms with Crippen molar-refractivity contribution in [3.05, 3.63) is 11.1 Å². The summed E-state index contributed by atoms with van der Waals surface area (Å²) >= 11 is 0. The molecule has 1 N–H and O–H groups in total. The second-order valence-corrected chi connectivity index (χ2v) is 4.74. The predicted octanol–water partition coefficient (Wildman–Crippen LogP) is 1.93. The van der Waals surface area contributed by atoms with E-state index in [9.17, 15) is 9.90 Å². The Kier molecular flexibility index (Phi) is 2.48. The van der Waals surface area contributed by atoms with E-state index >= 15 is 0 Å². The van der Waals surface area contributed by atoms with E-state index in [1.807, 2.05) is 13.8 Å². The van der Waals surface area contributed by atoms with Gasteiger partial charge in [-0.1, -0.05) is 12.5 Å². The minimum absolute atomic E-state index is 0.163. The first-order valence-electron chi connectivity index (χ1n) is 5.49. The fraction of sp³-hybridized carbons (Fsp3) is 0.750. The summed E-state index contributed by atoms with van der Waals surface area (Å²) in [6.45, 7) is 4.25. The Morgan fingerprint density at radius 3 is 2.86 bits per heavy atom. The van der Waals surface area contributed by atoms with Crippen molar-refractivity contribution < 1.29 is 9.90 Å². The summed E-state index contributed by atoms with van der Waals surface area (Å²) in [6.07, 6.45) is 3.05. The van der Waals surface area contributed by atoms with Gasteiger partial charge in [0.1, 0.15) is 0 Å². The van der Waals surface area contributed by atoms with Crippen LogP contribution in [0.3, 0.4) is 0 Å². The van der Waals surface area contributed by atoms with Crippen LogP contribution in [0.4, 0.5) is 0 Å². The van der Waals surface area contributed by atoms with E-state index in [-0.39, 0.29) is 12.5 Å². The monoisotopic (exact) mass is 194 g/mol. The van der Waals surface area contributed by atoms with Gasteiger partial charge in [-0.2, -0.15) is 0 Å². The van der Waals surface area contributed by atoms with Crippen LogP contribution in [0, 0.1) is 17.8 Å². The first-order valence-corrected chi connectivity index (χ1v) is 5.49. The smallest absolute Gasteiger partial charge is 0.161 e. The number of hydrogen-bond donors (Lipinski definition) is 1. The molecule has 0 heterocycles. The lowest BCUT2D eigenvalue weighted by molar-refractivity contribution is -0.119. The van der Waals surface area contributed by atoms with Crippen LogP contribution in [0.2, 0.25) is 0 Å². The highest BCUT2D eigenvalue weighted by Crippen LogP contribution is 2.45. The number of Topliss-reactive ketones (excluding diaryl/α,β-unsaturated/α-hetero) is 1. The van der Waals surface area contributed by atoms with Crippen molar-refractivity contribution in [3.8, 4) is 0 Å². The second kappa shape index (κ2) is 3.50. The molecule has 2 rings (SSSR count). The molecule has 2 heteroatoms. The first-order chi connectivity index (χ1) is 6.65. The van der Waals surface area contributed by atoms with E-state index in [0.29, 0.717) is 17.6 Å². The predicted molar refractivity (Wildman–Crippen MR) is 54.8 cm³/mol. The van der Waals surface area contributed by atoms with Gasteiger partial charge in [0.15, 0.2) is 5.78 Å². The van der Waals surface area contributed by atoms with Crippen LogP contribution in [-0.4, -0.2) is 17.5 Å². The quantitative estimate of drug-likeness (QED) is 0.692. The zero-order chi connectivity index (χ0) is 10.3. The molecule has 0 aliphatic heterocycles. The normalized spacial score (nSPS) is 37.6. The summed E-state index contributed by atoms with van der Waals surface area (Å²) in [5, 5.41) is 9.24. The molecule has 2 aliphatic carbocycles. The molecule has 0 bridgehead atoms. The number of hydrogen-bond acceptors (Lipinski definition) is 2. The van der Waals surface area contributed by atoms with Crippen molar-refractivity contribution in [2.75, 3.05) is 6.61 Å². The molecule has 0 aromatic carbocycles. The first kappa shape index (κ1) is 9.91. The summed E-state index contributed by atoms with van der Waals surface area (Å²) in [6, 6.07) is 0. The molecule has 1 saturated carbocycles. The van der Waals surface area contributed by atoms with E-state index in [2.05, 4.69) is 0 Å². The maximum absolute atomic E-state index is 11.7. The van der Waals surface area contributed by atoms with E-state index in [1.54, 1.807) is 0 Å². The minimum Gasteiger partial charge on any atom is -0.396 e. The van der Waals surface area contributed by atoms with Gasteiger partial charge in [0.2, 0.25) is 0 Å². The third-order valence-electron chi connectivity index (χ3n) is 3.94. The number of allylic oxidation sites excluding steroid dienone is 2. The third kappa shape index (κ3) is 1.33. The molecule has 0 aromatic heterocycles. The minimum atomic E-state index is 0.163. The third-order valence-corrected chi connectivity index (χ3v) is 3.94. The Morgan fingerprint density at radius 1 is 1.50 bits per heavy atom. The van der Waals surface area contributed by atoms with Gasteiger partial charge in [0.05, 0.1) is 0 Å². The SMILES string of the molecule is CC1=C2CCC(CO)C2CC(C)C1=O. The molecule has 2 aliphatic rings. The molecule has 3 atom stereocenters. The van der Waals surface area contributed by atoms with Crippen LogP contribution in [0.1, 0.15) is 33.1 Å². The maximum Gasteiger partial charge on any atom is 0.161 e. The lowest BCUT2D eigenvalue weighted by Crippen LogP contribution is -2.27. The fourth-order valence-electron chi connectivity index (χ4n) is 3.05. The average molecular weight is 194 g/mol. The van der Waals surface area contributed by atoms with E-state index in [0.717, 1.165) is 24.8 Å². The highest BCUT2D eigenvalue weighted by atomic mass is 16.3. The average Bonchev–Trinajstić information content (AvgIpc) is 2.57. The molecule has 0 spiro atoms. The molecule has 1 fully saturated rings. The van der Waals surface area contributed by atoms with Crippen molar-refractivity contribution in [2.24, 2.45) is 17.8 Å². The second-order valence-electron chi connectivity index (χ2n) is 4.74. The van der Waals surface area contributed by atoms with Crippen LogP contribution in [0.25, 0.3) is 0 Å². The van der Waals surface area contributed by atoms with Crippen LogP contribution in [0.5, 0.6) is 0 Å². The molecule has 0 amide bonds. The molecule has 0 radical (unpaired) electrons. The molecular formula is C12H18O2. The van der Waals surface area contributed by atoms with Gasteiger partial charge in [0, 0.05) is 12.5 Å². The number of rotatable bonds is 1. The number of ketones is 1. The van der Waals surface area contributed by atoms with E-state index < -0.39 is 0 Å². The van der Waals surface area contributed by atoms with Crippen LogP contribution in [0.15, 0.2) is 11.1 Å². The summed E-state index contributed by atoms with van der Waals surface area (Å²) in [5.74, 6) is 1.40. The Bertz CT molecular complexity index is 291. The van der Waals surface area contributed by atoms with Gasteiger partial charge in [-0.05, 0) is 43.6 Å². The number of aliphatic hydroxyl groups excluding tert-OH is 1. The van der Waals surface area contributed by atoms with Crippen LogP contribution in [-0.2, 0) is 4.79 Å². The Hall–Kier alpha value is -0.630. The Labute approximate surface area is 85.0 Å². The van der Waals surface area contributed by atoms with Crippen molar-refractivity contribution in [1.82, 2.24) is 0 Å². The number of carbonyl (C=O) groups excluding carboxylic acids is 1. The van der Waals surface area contributed by atoms with Crippen molar-refractivity contribution in [1.29, 1.82) is 0 Å². The lowest BCUT2D eigenvalue weighted by atomic mass is 9.76. The summed E-state index contributed by atoms with van der Waals surface area (Å²) < 4.78 is 0. The molecule has 0 saturated heterocycles. The van der Waals surface area contributed by atoms with Crippen molar-refractivity contribution >= 4 is 5.78 Å². The molecule has 78 valence electrons. The van der Waals surface area contributed by atoms with Crippen LogP contribution < -0.4 is 0 Å². The maximum atomic E-state index is 11.7. The van der Waals surface area contributed by atoms with Gasteiger partial charge in [-0.3, -0.25) is 4.79 Å². The van der Waals surface area contributed by atoms with E-state index in [4.69, 9.17) is 0 Å². The number of fused-ring (bicyclic) bond motifs is 1. The zero-order valence-electron chi connectivity index (χ0n) is 8.92. The lowest BCUT2D eigenvalue weighted by Gasteiger charge is -2.28. The Morgan fingerprint density at radius 2 is 2.21 bits per heavy atom. The highest BCUT2D eigenvalue weighted by molar-refractivity contribution is 5.98. The standard InChI is InChI=1S/C12H18O2/c1-7-5-11-9(6-13)3-4-10(11)8(2)12(7)14/h7,9,11,13H,3-6H2,1-2H3. The molecule has 2 nitrogen and oxygen atoms in total. The molecular weight excluding hydrogens is 176 g/mol.